The van der Waals surface area contributed by atoms with Gasteiger partial charge in [-0.2, -0.15) is 0 Å². The Hall–Kier alpha value is -1.59. The summed E-state index contributed by atoms with van der Waals surface area (Å²) in [5, 5.41) is 3.90. The summed E-state index contributed by atoms with van der Waals surface area (Å²) in [5.41, 5.74) is 5.39. The maximum absolute atomic E-state index is 11.9. The van der Waals surface area contributed by atoms with Crippen LogP contribution >= 0.6 is 0 Å². The number of anilines is 1. The molecule has 1 amide bonds. The molecule has 1 aromatic heterocycles. The molecular weight excluding hydrogens is 206 g/mol. The number of carbonyl (C=O) groups is 1. The van der Waals surface area contributed by atoms with Crippen LogP contribution in [0.4, 0.5) is 5.95 Å². The minimum Gasteiger partial charge on any atom is -0.367 e. The van der Waals surface area contributed by atoms with Crippen molar-refractivity contribution in [2.24, 2.45) is 0 Å². The molecule has 6 heteroatoms. The molecule has 1 saturated heterocycles. The van der Waals surface area contributed by atoms with E-state index in [1.54, 1.807) is 0 Å². The first kappa shape index (κ1) is 10.9. The summed E-state index contributed by atoms with van der Waals surface area (Å²) in [6.45, 7) is 1.97. The molecule has 1 aliphatic rings. The first-order valence-corrected chi connectivity index (χ1v) is 5.68. The van der Waals surface area contributed by atoms with E-state index in [9.17, 15) is 4.79 Å². The van der Waals surface area contributed by atoms with E-state index in [4.69, 9.17) is 5.73 Å². The smallest absolute Gasteiger partial charge is 0.244 e. The second kappa shape index (κ2) is 4.96. The van der Waals surface area contributed by atoms with Crippen molar-refractivity contribution in [3.05, 3.63) is 6.33 Å². The fourth-order valence-electron chi connectivity index (χ4n) is 1.94. The van der Waals surface area contributed by atoms with E-state index in [0.717, 1.165) is 25.9 Å². The number of hydrogen-bond acceptors (Lipinski definition) is 4. The van der Waals surface area contributed by atoms with Crippen LogP contribution in [0.1, 0.15) is 25.7 Å². The van der Waals surface area contributed by atoms with Crippen LogP contribution < -0.4 is 5.73 Å². The highest BCUT2D eigenvalue weighted by molar-refractivity contribution is 5.75. The Morgan fingerprint density at radius 1 is 1.31 bits per heavy atom. The molecular formula is C10H17N5O. The third-order valence-corrected chi connectivity index (χ3v) is 2.81. The summed E-state index contributed by atoms with van der Waals surface area (Å²) in [7, 11) is 0. The van der Waals surface area contributed by atoms with E-state index >= 15 is 0 Å². The van der Waals surface area contributed by atoms with Crippen LogP contribution in [-0.4, -0.2) is 38.7 Å². The lowest BCUT2D eigenvalue weighted by atomic mass is 10.2. The van der Waals surface area contributed by atoms with Gasteiger partial charge in [0.1, 0.15) is 12.9 Å². The molecule has 0 atom stereocenters. The third-order valence-electron chi connectivity index (χ3n) is 2.81. The number of nitrogens with two attached hydrogens (primary N) is 1. The van der Waals surface area contributed by atoms with Gasteiger partial charge >= 0.3 is 0 Å². The number of carbonyl (C=O) groups excluding carboxylic acids is 1. The van der Waals surface area contributed by atoms with Gasteiger partial charge in [0, 0.05) is 13.1 Å². The molecule has 0 aromatic carbocycles. The maximum atomic E-state index is 11.9. The van der Waals surface area contributed by atoms with Gasteiger partial charge in [-0.25, -0.2) is 9.67 Å². The summed E-state index contributed by atoms with van der Waals surface area (Å²) in [4.78, 5) is 17.6. The molecule has 0 saturated carbocycles. The normalized spacial score (nSPS) is 17.1. The van der Waals surface area contributed by atoms with E-state index in [2.05, 4.69) is 10.1 Å². The Balaban J connectivity index is 1.91. The lowest BCUT2D eigenvalue weighted by Crippen LogP contribution is -2.34. The topological polar surface area (TPSA) is 77.0 Å². The maximum Gasteiger partial charge on any atom is 0.244 e. The first-order chi connectivity index (χ1) is 7.75. The second-order valence-corrected chi connectivity index (χ2v) is 4.10. The molecule has 0 radical (unpaired) electrons. The van der Waals surface area contributed by atoms with Gasteiger partial charge in [0.25, 0.3) is 0 Å². The van der Waals surface area contributed by atoms with Crippen LogP contribution in [0.15, 0.2) is 6.33 Å². The van der Waals surface area contributed by atoms with Gasteiger partial charge in [0.15, 0.2) is 0 Å². The number of nitrogens with zero attached hydrogens (tertiary/aromatic N) is 4. The molecule has 1 aromatic rings. The Kier molecular flexibility index (Phi) is 3.38. The van der Waals surface area contributed by atoms with Gasteiger partial charge in [-0.05, 0) is 12.8 Å². The molecule has 2 rings (SSSR count). The average Bonchev–Trinajstić information content (AvgIpc) is 2.56. The Bertz CT molecular complexity index is 354. The van der Waals surface area contributed by atoms with Crippen molar-refractivity contribution in [1.82, 2.24) is 19.7 Å². The van der Waals surface area contributed by atoms with Crippen molar-refractivity contribution in [2.45, 2.75) is 32.2 Å². The van der Waals surface area contributed by atoms with Crippen LogP contribution in [0.5, 0.6) is 0 Å². The molecule has 0 unspecified atom stereocenters. The van der Waals surface area contributed by atoms with E-state index < -0.39 is 0 Å². The molecule has 6 nitrogen and oxygen atoms in total. The third kappa shape index (κ3) is 2.71. The number of likely N-dealkylation sites (tertiary alicyclic amines) is 1. The fraction of sp³-hybridized carbons (Fsp3) is 0.700. The van der Waals surface area contributed by atoms with Crippen LogP contribution in [0.25, 0.3) is 0 Å². The molecule has 0 aliphatic carbocycles. The monoisotopic (exact) mass is 223 g/mol. The molecule has 16 heavy (non-hydrogen) atoms. The summed E-state index contributed by atoms with van der Waals surface area (Å²) < 4.78 is 1.49. The zero-order chi connectivity index (χ0) is 11.4. The van der Waals surface area contributed by atoms with Gasteiger partial charge in [0.2, 0.25) is 11.9 Å². The molecule has 88 valence electrons. The number of hydrogen-bond donors (Lipinski definition) is 1. The van der Waals surface area contributed by atoms with E-state index in [0.29, 0.717) is 0 Å². The van der Waals surface area contributed by atoms with E-state index in [1.165, 1.54) is 23.9 Å². The largest absolute Gasteiger partial charge is 0.367 e. The Morgan fingerprint density at radius 2 is 2.00 bits per heavy atom. The summed E-state index contributed by atoms with van der Waals surface area (Å²) in [6, 6.07) is 0. The van der Waals surface area contributed by atoms with Crippen molar-refractivity contribution in [3.8, 4) is 0 Å². The highest BCUT2D eigenvalue weighted by Gasteiger charge is 2.16. The van der Waals surface area contributed by atoms with Gasteiger partial charge < -0.3 is 10.6 Å². The Morgan fingerprint density at radius 3 is 2.56 bits per heavy atom. The quantitative estimate of drug-likeness (QED) is 0.780. The first-order valence-electron chi connectivity index (χ1n) is 5.68. The van der Waals surface area contributed by atoms with E-state index in [1.807, 2.05) is 4.90 Å². The number of rotatable bonds is 2. The minimum atomic E-state index is 0.104. The van der Waals surface area contributed by atoms with E-state index in [-0.39, 0.29) is 18.4 Å². The van der Waals surface area contributed by atoms with Crippen LogP contribution in [-0.2, 0) is 11.3 Å². The lowest BCUT2D eigenvalue weighted by Gasteiger charge is -2.19. The average molecular weight is 223 g/mol. The molecule has 2 N–H and O–H groups in total. The minimum absolute atomic E-state index is 0.104. The van der Waals surface area contributed by atoms with Gasteiger partial charge in [0.05, 0.1) is 0 Å². The standard InChI is InChI=1S/C10H17N5O/c11-10-12-8-15(13-10)7-9(16)14-5-3-1-2-4-6-14/h8H,1-7H2,(H2,11,13). The molecule has 0 spiro atoms. The SMILES string of the molecule is Nc1ncn(CC(=O)N2CCCCCC2)n1. The lowest BCUT2D eigenvalue weighted by molar-refractivity contribution is -0.132. The highest BCUT2D eigenvalue weighted by atomic mass is 16.2. The van der Waals surface area contributed by atoms with Gasteiger partial charge in [-0.15, -0.1) is 5.10 Å². The van der Waals surface area contributed by atoms with Crippen LogP contribution in [0, 0.1) is 0 Å². The van der Waals surface area contributed by atoms with Crippen molar-refractivity contribution in [1.29, 1.82) is 0 Å². The van der Waals surface area contributed by atoms with Crippen molar-refractivity contribution in [2.75, 3.05) is 18.8 Å². The van der Waals surface area contributed by atoms with Gasteiger partial charge in [-0.1, -0.05) is 12.8 Å². The number of amides is 1. The second-order valence-electron chi connectivity index (χ2n) is 4.10. The van der Waals surface area contributed by atoms with Crippen molar-refractivity contribution in [3.63, 3.8) is 0 Å². The number of aromatic nitrogens is 3. The summed E-state index contributed by atoms with van der Waals surface area (Å²) in [5.74, 6) is 0.315. The molecule has 1 fully saturated rings. The fourth-order valence-corrected chi connectivity index (χ4v) is 1.94. The zero-order valence-electron chi connectivity index (χ0n) is 9.30. The zero-order valence-corrected chi connectivity index (χ0v) is 9.30. The van der Waals surface area contributed by atoms with Crippen LogP contribution in [0.3, 0.4) is 0 Å². The van der Waals surface area contributed by atoms with Crippen LogP contribution in [0.2, 0.25) is 0 Å². The van der Waals surface area contributed by atoms with Crippen molar-refractivity contribution >= 4 is 11.9 Å². The summed E-state index contributed by atoms with van der Waals surface area (Å²) in [6.07, 6.45) is 6.14. The Labute approximate surface area is 94.4 Å². The predicted octanol–water partition coefficient (Wildman–Crippen LogP) is 0.263. The highest BCUT2D eigenvalue weighted by Crippen LogP contribution is 2.10. The molecule has 0 bridgehead atoms. The predicted molar refractivity (Wildman–Crippen MR) is 59.5 cm³/mol. The molecule has 1 aliphatic heterocycles. The van der Waals surface area contributed by atoms with Crippen molar-refractivity contribution < 1.29 is 4.79 Å². The number of nitrogen functional groups attached to an aromatic ring is 1. The molecule has 2 heterocycles. The summed E-state index contributed by atoms with van der Waals surface area (Å²) >= 11 is 0. The van der Waals surface area contributed by atoms with Gasteiger partial charge in [-0.3, -0.25) is 4.79 Å².